The topological polar surface area (TPSA) is 67.3 Å². The summed E-state index contributed by atoms with van der Waals surface area (Å²) in [7, 11) is 2.98. The first-order chi connectivity index (χ1) is 8.72. The fraction of sp³-hybridized carbons (Fsp3) is 0.417. The lowest BCUT2D eigenvalue weighted by molar-refractivity contribution is -0.0757. The van der Waals surface area contributed by atoms with E-state index in [-0.39, 0.29) is 5.91 Å². The molecule has 96 valence electrons. The number of amides is 1. The summed E-state index contributed by atoms with van der Waals surface area (Å²) in [6.07, 6.45) is 6.04. The molecule has 6 heteroatoms. The van der Waals surface area contributed by atoms with Crippen molar-refractivity contribution in [2.24, 2.45) is 0 Å². The molecule has 0 atom stereocenters. The molecule has 2 heterocycles. The summed E-state index contributed by atoms with van der Waals surface area (Å²) in [6, 6.07) is 0. The second-order valence-corrected chi connectivity index (χ2v) is 3.96. The molecule has 0 saturated carbocycles. The van der Waals surface area contributed by atoms with Crippen molar-refractivity contribution >= 4 is 11.5 Å². The van der Waals surface area contributed by atoms with E-state index in [0.29, 0.717) is 11.4 Å². The molecule has 6 nitrogen and oxygen atoms in total. The fourth-order valence-electron chi connectivity index (χ4n) is 1.69. The van der Waals surface area contributed by atoms with E-state index in [0.717, 1.165) is 30.1 Å². The van der Waals surface area contributed by atoms with E-state index in [1.54, 1.807) is 7.05 Å². The van der Waals surface area contributed by atoms with Gasteiger partial charge in [0, 0.05) is 26.0 Å². The van der Waals surface area contributed by atoms with Gasteiger partial charge in [0.05, 0.1) is 12.7 Å². The standard InChI is InChI=1S/C12H16N4O2/c1-16(18-2)12(17)10-7-14-11(15-8-10)9-3-5-13-6-4-9/h3,7-8,13H,4-6H2,1-2H3. The predicted molar refractivity (Wildman–Crippen MR) is 66.6 cm³/mol. The minimum atomic E-state index is -0.261. The second kappa shape index (κ2) is 5.70. The Balaban J connectivity index is 2.14. The van der Waals surface area contributed by atoms with Crippen LogP contribution >= 0.6 is 0 Å². The van der Waals surface area contributed by atoms with Crippen LogP contribution in [0, 0.1) is 0 Å². The third kappa shape index (κ3) is 2.72. The summed E-state index contributed by atoms with van der Waals surface area (Å²) in [4.78, 5) is 25.0. The normalized spacial score (nSPS) is 15.1. The molecule has 1 N–H and O–H groups in total. The molecular formula is C12H16N4O2. The Morgan fingerprint density at radius 1 is 1.44 bits per heavy atom. The van der Waals surface area contributed by atoms with Crippen LogP contribution in [-0.4, -0.2) is 48.2 Å². The van der Waals surface area contributed by atoms with Gasteiger partial charge >= 0.3 is 0 Å². The van der Waals surface area contributed by atoms with E-state index in [4.69, 9.17) is 4.84 Å². The summed E-state index contributed by atoms with van der Waals surface area (Å²) in [5.74, 6) is 0.427. The highest BCUT2D eigenvalue weighted by atomic mass is 16.7. The van der Waals surface area contributed by atoms with Crippen LogP contribution in [0.1, 0.15) is 22.6 Å². The molecule has 0 aliphatic carbocycles. The number of carbonyl (C=O) groups excluding carboxylic acids is 1. The maximum Gasteiger partial charge on any atom is 0.280 e. The Hall–Kier alpha value is -1.79. The van der Waals surface area contributed by atoms with Gasteiger partial charge < -0.3 is 5.32 Å². The van der Waals surface area contributed by atoms with Crippen LogP contribution in [0.3, 0.4) is 0 Å². The molecule has 1 aromatic heterocycles. The number of aromatic nitrogens is 2. The summed E-state index contributed by atoms with van der Waals surface area (Å²) in [6.45, 7) is 1.77. The highest BCUT2D eigenvalue weighted by Gasteiger charge is 2.14. The van der Waals surface area contributed by atoms with Gasteiger partial charge in [-0.2, -0.15) is 0 Å². The number of hydrogen-bond donors (Lipinski definition) is 1. The quantitative estimate of drug-likeness (QED) is 0.788. The van der Waals surface area contributed by atoms with E-state index >= 15 is 0 Å². The van der Waals surface area contributed by atoms with E-state index in [2.05, 4.69) is 21.4 Å². The first-order valence-corrected chi connectivity index (χ1v) is 5.76. The van der Waals surface area contributed by atoms with Gasteiger partial charge in [0.25, 0.3) is 5.91 Å². The largest absolute Gasteiger partial charge is 0.313 e. The van der Waals surface area contributed by atoms with Gasteiger partial charge in [-0.15, -0.1) is 0 Å². The lowest BCUT2D eigenvalue weighted by atomic mass is 10.1. The molecular weight excluding hydrogens is 232 g/mol. The highest BCUT2D eigenvalue weighted by Crippen LogP contribution is 2.15. The minimum Gasteiger partial charge on any atom is -0.313 e. The molecule has 0 fully saturated rings. The van der Waals surface area contributed by atoms with Gasteiger partial charge in [0.2, 0.25) is 0 Å². The Labute approximate surface area is 106 Å². The SMILES string of the molecule is CON(C)C(=O)c1cnc(C2=CCNCC2)nc1. The maximum absolute atomic E-state index is 11.8. The number of rotatable bonds is 3. The number of hydrogen-bond acceptors (Lipinski definition) is 5. The lowest BCUT2D eigenvalue weighted by Crippen LogP contribution is -2.26. The van der Waals surface area contributed by atoms with E-state index in [9.17, 15) is 4.79 Å². The van der Waals surface area contributed by atoms with Gasteiger partial charge in [0.15, 0.2) is 5.82 Å². The molecule has 1 aliphatic rings. The summed E-state index contributed by atoms with van der Waals surface area (Å²) in [5.41, 5.74) is 1.53. The molecule has 1 aliphatic heterocycles. The van der Waals surface area contributed by atoms with Crippen LogP contribution in [0.15, 0.2) is 18.5 Å². The van der Waals surface area contributed by atoms with Crippen LogP contribution in [0.4, 0.5) is 0 Å². The zero-order valence-corrected chi connectivity index (χ0v) is 10.5. The van der Waals surface area contributed by atoms with Crippen molar-refractivity contribution in [2.45, 2.75) is 6.42 Å². The molecule has 1 amide bonds. The zero-order valence-electron chi connectivity index (χ0n) is 10.5. The molecule has 1 aromatic rings. The summed E-state index contributed by atoms with van der Waals surface area (Å²) in [5, 5.41) is 4.37. The van der Waals surface area contributed by atoms with Crippen molar-refractivity contribution in [3.8, 4) is 0 Å². The van der Waals surface area contributed by atoms with Gasteiger partial charge in [-0.3, -0.25) is 9.63 Å². The van der Waals surface area contributed by atoms with Crippen molar-refractivity contribution < 1.29 is 9.63 Å². The molecule has 0 aromatic carbocycles. The number of nitrogens with one attached hydrogen (secondary N) is 1. The lowest BCUT2D eigenvalue weighted by Gasteiger charge is -2.14. The molecule has 0 bridgehead atoms. The van der Waals surface area contributed by atoms with Crippen LogP contribution in [0.5, 0.6) is 0 Å². The van der Waals surface area contributed by atoms with Crippen molar-refractivity contribution in [2.75, 3.05) is 27.2 Å². The average Bonchev–Trinajstić information content (AvgIpc) is 2.47. The van der Waals surface area contributed by atoms with E-state index in [1.165, 1.54) is 19.5 Å². The third-order valence-electron chi connectivity index (χ3n) is 2.81. The van der Waals surface area contributed by atoms with Crippen molar-refractivity contribution in [1.82, 2.24) is 20.3 Å². The summed E-state index contributed by atoms with van der Waals surface area (Å²) >= 11 is 0. The number of carbonyl (C=O) groups is 1. The second-order valence-electron chi connectivity index (χ2n) is 3.96. The molecule has 2 rings (SSSR count). The van der Waals surface area contributed by atoms with Crippen molar-refractivity contribution in [3.05, 3.63) is 29.9 Å². The highest BCUT2D eigenvalue weighted by molar-refractivity contribution is 5.92. The Morgan fingerprint density at radius 3 is 2.72 bits per heavy atom. The molecule has 0 radical (unpaired) electrons. The van der Waals surface area contributed by atoms with Crippen LogP contribution in [0.25, 0.3) is 5.57 Å². The molecule has 0 saturated heterocycles. The maximum atomic E-state index is 11.8. The number of nitrogens with zero attached hydrogens (tertiary/aromatic N) is 3. The predicted octanol–water partition coefficient (Wildman–Crippen LogP) is 0.487. The van der Waals surface area contributed by atoms with E-state index in [1.807, 2.05) is 0 Å². The third-order valence-corrected chi connectivity index (χ3v) is 2.81. The van der Waals surface area contributed by atoms with Gasteiger partial charge in [0.1, 0.15) is 0 Å². The van der Waals surface area contributed by atoms with Gasteiger partial charge in [-0.1, -0.05) is 6.08 Å². The van der Waals surface area contributed by atoms with Crippen molar-refractivity contribution in [3.63, 3.8) is 0 Å². The Kier molecular flexibility index (Phi) is 4.01. The first-order valence-electron chi connectivity index (χ1n) is 5.76. The average molecular weight is 248 g/mol. The van der Waals surface area contributed by atoms with Gasteiger partial charge in [-0.25, -0.2) is 15.0 Å². The first kappa shape index (κ1) is 12.7. The van der Waals surface area contributed by atoms with Gasteiger partial charge in [-0.05, 0) is 18.5 Å². The smallest absolute Gasteiger partial charge is 0.280 e. The Morgan fingerprint density at radius 2 is 2.17 bits per heavy atom. The zero-order chi connectivity index (χ0) is 13.0. The summed E-state index contributed by atoms with van der Waals surface area (Å²) < 4.78 is 0. The minimum absolute atomic E-state index is 0.261. The van der Waals surface area contributed by atoms with E-state index < -0.39 is 0 Å². The number of hydroxylamine groups is 2. The Bertz CT molecular complexity index is 456. The molecule has 0 spiro atoms. The molecule has 18 heavy (non-hydrogen) atoms. The van der Waals surface area contributed by atoms with Crippen LogP contribution < -0.4 is 5.32 Å². The monoisotopic (exact) mass is 248 g/mol. The van der Waals surface area contributed by atoms with Crippen LogP contribution in [0.2, 0.25) is 0 Å². The van der Waals surface area contributed by atoms with Crippen LogP contribution in [-0.2, 0) is 4.84 Å². The fourth-order valence-corrected chi connectivity index (χ4v) is 1.69. The van der Waals surface area contributed by atoms with Crippen molar-refractivity contribution in [1.29, 1.82) is 0 Å². The molecule has 0 unspecified atom stereocenters.